The molecule has 1 spiro atoms. The molecule has 23 heavy (non-hydrogen) atoms. The molecule has 3 rings (SSSR count). The summed E-state index contributed by atoms with van der Waals surface area (Å²) in [6, 6.07) is 0. The van der Waals surface area contributed by atoms with Gasteiger partial charge in [0.2, 0.25) is 0 Å². The smallest absolute Gasteiger partial charge is 0.173 e. The van der Waals surface area contributed by atoms with E-state index < -0.39 is 5.79 Å². The third-order valence-electron chi connectivity index (χ3n) is 6.28. The molecule has 3 aliphatic rings. The molecule has 1 N–H and O–H groups in total. The Morgan fingerprint density at radius 2 is 2.09 bits per heavy atom. The summed E-state index contributed by atoms with van der Waals surface area (Å²) < 4.78 is 11.0. The Balaban J connectivity index is 0.000000277. The van der Waals surface area contributed by atoms with E-state index in [2.05, 4.69) is 34.3 Å². The molecule has 1 aliphatic carbocycles. The zero-order valence-electron chi connectivity index (χ0n) is 15.7. The lowest BCUT2D eigenvalue weighted by atomic mass is 9.77. The lowest BCUT2D eigenvalue weighted by Gasteiger charge is -2.43. The molecule has 0 aromatic heterocycles. The van der Waals surface area contributed by atoms with Gasteiger partial charge in [-0.2, -0.15) is 0 Å². The first-order valence-electron chi connectivity index (χ1n) is 9.39. The maximum atomic E-state index is 10.8. The summed E-state index contributed by atoms with van der Waals surface area (Å²) in [7, 11) is 1.73. The van der Waals surface area contributed by atoms with Crippen LogP contribution in [0.5, 0.6) is 0 Å². The predicted molar refractivity (Wildman–Crippen MR) is 94.1 cm³/mol. The number of ether oxygens (including phenoxy) is 2. The van der Waals surface area contributed by atoms with Gasteiger partial charge >= 0.3 is 0 Å². The Bertz CT molecular complexity index is 415. The molecule has 3 fully saturated rings. The van der Waals surface area contributed by atoms with Crippen molar-refractivity contribution in [1.29, 1.82) is 0 Å². The van der Waals surface area contributed by atoms with Crippen LogP contribution in [0, 0.1) is 23.7 Å². The molecule has 5 atom stereocenters. The van der Waals surface area contributed by atoms with Gasteiger partial charge in [0.15, 0.2) is 5.79 Å². The van der Waals surface area contributed by atoms with Crippen molar-refractivity contribution in [2.45, 2.75) is 77.6 Å². The predicted octanol–water partition coefficient (Wildman–Crippen LogP) is 4.55. The molecule has 0 aromatic carbocycles. The fourth-order valence-corrected chi connectivity index (χ4v) is 4.92. The van der Waals surface area contributed by atoms with Gasteiger partial charge in [0.1, 0.15) is 0 Å². The molecule has 0 radical (unpaired) electrons. The highest BCUT2D eigenvalue weighted by Crippen LogP contribution is 2.63. The number of unbranched alkanes of at least 4 members (excludes halogenated alkanes) is 1. The summed E-state index contributed by atoms with van der Waals surface area (Å²) in [6.45, 7) is 14.0. The van der Waals surface area contributed by atoms with Gasteiger partial charge in [-0.25, -0.2) is 0 Å². The molecule has 1 saturated carbocycles. The Kier molecular flexibility index (Phi) is 5.97. The highest BCUT2D eigenvalue weighted by atomic mass is 16.6. The van der Waals surface area contributed by atoms with Gasteiger partial charge in [0, 0.05) is 32.0 Å². The van der Waals surface area contributed by atoms with Crippen LogP contribution in [0.15, 0.2) is 12.2 Å². The highest BCUT2D eigenvalue weighted by molar-refractivity contribution is 5.24. The first-order valence-corrected chi connectivity index (χ1v) is 9.39. The molecular weight excluding hydrogens is 288 g/mol. The summed E-state index contributed by atoms with van der Waals surface area (Å²) in [6.07, 6.45) is 6.50. The van der Waals surface area contributed by atoms with Gasteiger partial charge in [0.25, 0.3) is 0 Å². The quantitative estimate of drug-likeness (QED) is 0.609. The molecule has 0 amide bonds. The second kappa shape index (κ2) is 7.25. The van der Waals surface area contributed by atoms with E-state index in [1.807, 2.05) is 0 Å². The van der Waals surface area contributed by atoms with E-state index in [0.29, 0.717) is 24.2 Å². The zero-order chi connectivity index (χ0) is 17.3. The normalized spacial score (nSPS) is 41.7. The minimum absolute atomic E-state index is 0.0982. The third kappa shape index (κ3) is 3.38. The molecule has 0 aromatic rings. The van der Waals surface area contributed by atoms with E-state index in [1.54, 1.807) is 7.11 Å². The summed E-state index contributed by atoms with van der Waals surface area (Å²) in [4.78, 5) is 0. The SMILES string of the molecule is C=C1C[C@]2(O)O[C@@]3(C[C@H]2C(C)C)[C@@H](C)CC[C@@H]13.CCCCOC. The fraction of sp³-hybridized carbons (Fsp3) is 0.900. The van der Waals surface area contributed by atoms with E-state index >= 15 is 0 Å². The van der Waals surface area contributed by atoms with Crippen LogP contribution in [0.3, 0.4) is 0 Å². The maximum absolute atomic E-state index is 10.8. The minimum atomic E-state index is -0.930. The van der Waals surface area contributed by atoms with Crippen LogP contribution in [0.25, 0.3) is 0 Å². The first-order chi connectivity index (χ1) is 10.8. The third-order valence-corrected chi connectivity index (χ3v) is 6.28. The maximum Gasteiger partial charge on any atom is 0.173 e. The van der Waals surface area contributed by atoms with Gasteiger partial charge in [-0.05, 0) is 37.5 Å². The van der Waals surface area contributed by atoms with Gasteiger partial charge in [-0.15, -0.1) is 0 Å². The average Bonchev–Trinajstić information content (AvgIpc) is 2.94. The van der Waals surface area contributed by atoms with Crippen molar-refractivity contribution in [3.05, 3.63) is 12.2 Å². The van der Waals surface area contributed by atoms with E-state index in [4.69, 9.17) is 9.47 Å². The van der Waals surface area contributed by atoms with Gasteiger partial charge in [0.05, 0.1) is 5.60 Å². The average molecular weight is 325 g/mol. The molecule has 2 aliphatic heterocycles. The molecule has 2 heterocycles. The second-order valence-corrected chi connectivity index (χ2v) is 8.17. The lowest BCUT2D eigenvalue weighted by molar-refractivity contribution is -0.269. The molecule has 3 nitrogen and oxygen atoms in total. The fourth-order valence-electron chi connectivity index (χ4n) is 4.92. The Morgan fingerprint density at radius 1 is 1.39 bits per heavy atom. The largest absolute Gasteiger partial charge is 0.385 e. The summed E-state index contributed by atoms with van der Waals surface area (Å²) in [5.74, 6) is 0.852. The van der Waals surface area contributed by atoms with E-state index in [1.165, 1.54) is 31.3 Å². The first kappa shape index (κ1) is 19.0. The van der Waals surface area contributed by atoms with Crippen LogP contribution in [-0.4, -0.2) is 30.2 Å². The molecule has 0 unspecified atom stereocenters. The van der Waals surface area contributed by atoms with E-state index in [0.717, 1.165) is 13.0 Å². The number of fused-ring (bicyclic) bond motifs is 1. The Morgan fingerprint density at radius 3 is 2.61 bits per heavy atom. The van der Waals surface area contributed by atoms with E-state index in [-0.39, 0.29) is 11.5 Å². The van der Waals surface area contributed by atoms with Crippen LogP contribution in [-0.2, 0) is 9.47 Å². The van der Waals surface area contributed by atoms with Crippen molar-refractivity contribution in [2.24, 2.45) is 23.7 Å². The van der Waals surface area contributed by atoms with Crippen molar-refractivity contribution in [2.75, 3.05) is 13.7 Å². The van der Waals surface area contributed by atoms with Gasteiger partial charge < -0.3 is 14.6 Å². The van der Waals surface area contributed by atoms with Crippen LogP contribution < -0.4 is 0 Å². The molecule has 3 heteroatoms. The van der Waals surface area contributed by atoms with Crippen molar-refractivity contribution in [3.8, 4) is 0 Å². The van der Waals surface area contributed by atoms with Gasteiger partial charge in [-0.3, -0.25) is 0 Å². The van der Waals surface area contributed by atoms with Crippen LogP contribution in [0.2, 0.25) is 0 Å². The summed E-state index contributed by atoms with van der Waals surface area (Å²) >= 11 is 0. The number of rotatable bonds is 4. The van der Waals surface area contributed by atoms with Crippen molar-refractivity contribution in [1.82, 2.24) is 0 Å². The van der Waals surface area contributed by atoms with Crippen molar-refractivity contribution >= 4 is 0 Å². The standard InChI is InChI=1S/C15H24O2.C5H12O/c1-9(2)13-8-14-11(4)5-6-12(14)10(3)7-15(13,16)17-14;1-3-4-5-6-2/h9,11-13,16H,3,5-8H2,1-2,4H3;3-5H2,1-2H3/t11-,12-,13-,14-,15-;/m0./s1. The molecule has 2 bridgehead atoms. The van der Waals surface area contributed by atoms with E-state index in [9.17, 15) is 5.11 Å². The highest BCUT2D eigenvalue weighted by Gasteiger charge is 2.66. The zero-order valence-corrected chi connectivity index (χ0v) is 15.7. The number of hydrogen-bond donors (Lipinski definition) is 1. The Hall–Kier alpha value is -0.380. The summed E-state index contributed by atoms with van der Waals surface area (Å²) in [5, 5.41) is 10.8. The van der Waals surface area contributed by atoms with Crippen LogP contribution in [0.1, 0.15) is 66.2 Å². The summed E-state index contributed by atoms with van der Waals surface area (Å²) in [5.41, 5.74) is 1.13. The molecule has 2 saturated heterocycles. The van der Waals surface area contributed by atoms with Crippen molar-refractivity contribution in [3.63, 3.8) is 0 Å². The van der Waals surface area contributed by atoms with Crippen LogP contribution >= 0.6 is 0 Å². The molecular formula is C20H36O3. The van der Waals surface area contributed by atoms with Crippen LogP contribution in [0.4, 0.5) is 0 Å². The second-order valence-electron chi connectivity index (χ2n) is 8.17. The number of aliphatic hydroxyl groups is 1. The lowest BCUT2D eigenvalue weighted by Crippen LogP contribution is -2.48. The minimum Gasteiger partial charge on any atom is -0.385 e. The number of hydrogen-bond acceptors (Lipinski definition) is 3. The number of methoxy groups -OCH3 is 1. The Labute approximate surface area is 142 Å². The van der Waals surface area contributed by atoms with Crippen molar-refractivity contribution < 1.29 is 14.6 Å². The van der Waals surface area contributed by atoms with Gasteiger partial charge in [-0.1, -0.05) is 46.3 Å². The monoisotopic (exact) mass is 324 g/mol. The molecule has 134 valence electrons. The topological polar surface area (TPSA) is 38.7 Å².